The highest BCUT2D eigenvalue weighted by atomic mass is 16.6. The van der Waals surface area contributed by atoms with E-state index in [1.807, 2.05) is 0 Å². The number of pyridine rings is 1. The monoisotopic (exact) mass is 266 g/mol. The molecule has 4 unspecified atom stereocenters. The number of ether oxygens (including phenoxy) is 1. The van der Waals surface area contributed by atoms with Crippen molar-refractivity contribution in [2.45, 2.75) is 24.5 Å². The third-order valence-corrected chi connectivity index (χ3v) is 3.31. The Hall–Kier alpha value is -1.74. The van der Waals surface area contributed by atoms with Crippen LogP contribution in [0.3, 0.4) is 0 Å². The van der Waals surface area contributed by atoms with E-state index in [0.29, 0.717) is 16.7 Å². The first-order valence-electron chi connectivity index (χ1n) is 5.82. The number of aliphatic hydroxyl groups excluding tert-OH is 3. The van der Waals surface area contributed by atoms with Gasteiger partial charge in [0.15, 0.2) is 6.23 Å². The SMILES string of the molecule is Nc1cncc2c1ncn2C1OC(CO)C(O)C1O. The molecule has 2 aromatic rings. The van der Waals surface area contributed by atoms with Gasteiger partial charge in [0.2, 0.25) is 0 Å². The highest BCUT2D eigenvalue weighted by molar-refractivity contribution is 5.85. The van der Waals surface area contributed by atoms with Gasteiger partial charge in [0.1, 0.15) is 23.8 Å². The third-order valence-electron chi connectivity index (χ3n) is 3.31. The Morgan fingerprint density at radius 1 is 1.32 bits per heavy atom. The van der Waals surface area contributed by atoms with Gasteiger partial charge in [-0.15, -0.1) is 0 Å². The van der Waals surface area contributed by atoms with Gasteiger partial charge in [-0.2, -0.15) is 0 Å². The number of nitrogen functional groups attached to an aromatic ring is 1. The van der Waals surface area contributed by atoms with Crippen LogP contribution in [0.5, 0.6) is 0 Å². The first-order chi connectivity index (χ1) is 9.13. The predicted molar refractivity (Wildman–Crippen MR) is 64.9 cm³/mol. The van der Waals surface area contributed by atoms with Crippen LogP contribution < -0.4 is 5.73 Å². The van der Waals surface area contributed by atoms with E-state index in [2.05, 4.69) is 9.97 Å². The Morgan fingerprint density at radius 3 is 2.79 bits per heavy atom. The average Bonchev–Trinajstić information content (AvgIpc) is 2.94. The Kier molecular flexibility index (Phi) is 2.86. The molecule has 3 heterocycles. The molecule has 8 nitrogen and oxygen atoms in total. The van der Waals surface area contributed by atoms with Crippen LogP contribution in [0.15, 0.2) is 18.7 Å². The van der Waals surface area contributed by atoms with Crippen LogP contribution in [0.4, 0.5) is 5.69 Å². The second kappa shape index (κ2) is 4.42. The number of fused-ring (bicyclic) bond motifs is 1. The molecular formula is C11H14N4O4. The van der Waals surface area contributed by atoms with Gasteiger partial charge in [0.05, 0.1) is 36.5 Å². The molecule has 1 aliphatic heterocycles. The van der Waals surface area contributed by atoms with Crippen molar-refractivity contribution in [3.8, 4) is 0 Å². The summed E-state index contributed by atoms with van der Waals surface area (Å²) < 4.78 is 6.98. The van der Waals surface area contributed by atoms with Crippen LogP contribution in [0.25, 0.3) is 11.0 Å². The molecule has 5 N–H and O–H groups in total. The van der Waals surface area contributed by atoms with Crippen LogP contribution in [0, 0.1) is 0 Å². The van der Waals surface area contributed by atoms with Crippen LogP contribution in [0.2, 0.25) is 0 Å². The van der Waals surface area contributed by atoms with Crippen LogP contribution in [0.1, 0.15) is 6.23 Å². The smallest absolute Gasteiger partial charge is 0.164 e. The topological polar surface area (TPSA) is 127 Å². The number of anilines is 1. The van der Waals surface area contributed by atoms with Gasteiger partial charge in [0, 0.05) is 0 Å². The average molecular weight is 266 g/mol. The summed E-state index contributed by atoms with van der Waals surface area (Å²) in [5, 5.41) is 28.8. The summed E-state index contributed by atoms with van der Waals surface area (Å²) in [6.07, 6.45) is 0.526. The zero-order chi connectivity index (χ0) is 13.6. The normalized spacial score (nSPS) is 31.1. The van der Waals surface area contributed by atoms with E-state index in [1.165, 1.54) is 12.5 Å². The maximum atomic E-state index is 9.97. The molecule has 0 aliphatic carbocycles. The molecule has 1 fully saturated rings. The molecule has 1 aliphatic rings. The van der Waals surface area contributed by atoms with Crippen molar-refractivity contribution in [1.29, 1.82) is 0 Å². The third kappa shape index (κ3) is 1.77. The van der Waals surface area contributed by atoms with Crippen molar-refractivity contribution in [2.75, 3.05) is 12.3 Å². The summed E-state index contributed by atoms with van der Waals surface area (Å²) in [6.45, 7) is -0.373. The Balaban J connectivity index is 2.04. The second-order valence-corrected chi connectivity index (χ2v) is 4.48. The highest BCUT2D eigenvalue weighted by Gasteiger charge is 2.43. The van der Waals surface area contributed by atoms with E-state index in [4.69, 9.17) is 15.6 Å². The van der Waals surface area contributed by atoms with E-state index in [1.54, 1.807) is 10.8 Å². The minimum atomic E-state index is -1.16. The summed E-state index contributed by atoms with van der Waals surface area (Å²) in [5.74, 6) is 0. The van der Waals surface area contributed by atoms with Gasteiger partial charge < -0.3 is 25.8 Å². The number of nitrogens with zero attached hydrogens (tertiary/aromatic N) is 3. The minimum absolute atomic E-state index is 0.373. The minimum Gasteiger partial charge on any atom is -0.396 e. The molecule has 0 spiro atoms. The van der Waals surface area contributed by atoms with Gasteiger partial charge in [-0.25, -0.2) is 4.98 Å². The lowest BCUT2D eigenvalue weighted by Crippen LogP contribution is -2.33. The van der Waals surface area contributed by atoms with Gasteiger partial charge in [-0.1, -0.05) is 0 Å². The molecule has 0 aromatic carbocycles. The van der Waals surface area contributed by atoms with E-state index in [0.717, 1.165) is 0 Å². The lowest BCUT2D eigenvalue weighted by Gasteiger charge is -2.16. The summed E-state index contributed by atoms with van der Waals surface area (Å²) in [4.78, 5) is 8.10. The number of imidazole rings is 1. The van der Waals surface area contributed by atoms with E-state index >= 15 is 0 Å². The van der Waals surface area contributed by atoms with Crippen molar-refractivity contribution in [3.05, 3.63) is 18.7 Å². The van der Waals surface area contributed by atoms with Crippen molar-refractivity contribution < 1.29 is 20.1 Å². The fourth-order valence-corrected chi connectivity index (χ4v) is 2.28. The maximum absolute atomic E-state index is 9.97. The molecule has 0 bridgehead atoms. The van der Waals surface area contributed by atoms with Gasteiger partial charge in [0.25, 0.3) is 0 Å². The molecule has 0 amide bonds. The second-order valence-electron chi connectivity index (χ2n) is 4.48. The number of hydrogen-bond donors (Lipinski definition) is 4. The summed E-state index contributed by atoms with van der Waals surface area (Å²) in [7, 11) is 0. The van der Waals surface area contributed by atoms with Gasteiger partial charge >= 0.3 is 0 Å². The van der Waals surface area contributed by atoms with E-state index in [9.17, 15) is 10.2 Å². The first-order valence-corrected chi connectivity index (χ1v) is 5.82. The summed E-state index contributed by atoms with van der Waals surface area (Å²) in [6, 6.07) is 0. The number of rotatable bonds is 2. The van der Waals surface area contributed by atoms with Crippen molar-refractivity contribution in [3.63, 3.8) is 0 Å². The largest absolute Gasteiger partial charge is 0.396 e. The molecule has 1 saturated heterocycles. The number of nitrogens with two attached hydrogens (primary N) is 1. The molecule has 2 aromatic heterocycles. The van der Waals surface area contributed by atoms with Crippen LogP contribution in [-0.2, 0) is 4.74 Å². The first kappa shape index (κ1) is 12.3. The van der Waals surface area contributed by atoms with Crippen LogP contribution in [-0.4, -0.2) is 54.8 Å². The quantitative estimate of drug-likeness (QED) is 0.528. The zero-order valence-electron chi connectivity index (χ0n) is 9.92. The Morgan fingerprint density at radius 2 is 2.11 bits per heavy atom. The molecule has 8 heteroatoms. The standard InChI is InChI=1S/C11H14N4O4/c12-5-1-13-2-6-8(5)14-4-15(6)11-10(18)9(17)7(3-16)19-11/h1-2,4,7,9-11,16-18H,3,12H2. The Bertz CT molecular complexity index is 601. The number of aromatic nitrogens is 3. The molecule has 102 valence electrons. The van der Waals surface area contributed by atoms with E-state index < -0.39 is 24.5 Å². The molecule has 3 rings (SSSR count). The van der Waals surface area contributed by atoms with Crippen molar-refractivity contribution in [1.82, 2.24) is 14.5 Å². The summed E-state index contributed by atoms with van der Waals surface area (Å²) in [5.41, 5.74) is 7.31. The van der Waals surface area contributed by atoms with Crippen molar-refractivity contribution in [2.24, 2.45) is 0 Å². The predicted octanol–water partition coefficient (Wildman–Crippen LogP) is -1.38. The van der Waals surface area contributed by atoms with Crippen molar-refractivity contribution >= 4 is 16.7 Å². The molecule has 0 radical (unpaired) electrons. The zero-order valence-corrected chi connectivity index (χ0v) is 9.92. The van der Waals surface area contributed by atoms with Gasteiger partial charge in [-0.3, -0.25) is 9.55 Å². The molecule has 19 heavy (non-hydrogen) atoms. The van der Waals surface area contributed by atoms with Gasteiger partial charge in [-0.05, 0) is 0 Å². The lowest BCUT2D eigenvalue weighted by atomic mass is 10.1. The Labute approximate surface area is 108 Å². The molecule has 4 atom stereocenters. The number of hydrogen-bond acceptors (Lipinski definition) is 7. The fourth-order valence-electron chi connectivity index (χ4n) is 2.28. The lowest BCUT2D eigenvalue weighted by molar-refractivity contribution is -0.0509. The van der Waals surface area contributed by atoms with Crippen LogP contribution >= 0.6 is 0 Å². The number of aliphatic hydroxyl groups is 3. The highest BCUT2D eigenvalue weighted by Crippen LogP contribution is 2.32. The molecule has 0 saturated carbocycles. The fraction of sp³-hybridized carbons (Fsp3) is 0.455. The van der Waals surface area contributed by atoms with E-state index in [-0.39, 0.29) is 6.61 Å². The summed E-state index contributed by atoms with van der Waals surface area (Å²) >= 11 is 0. The molecular weight excluding hydrogens is 252 g/mol. The maximum Gasteiger partial charge on any atom is 0.164 e.